The maximum Gasteiger partial charge on any atom is 0.0766 e. The van der Waals surface area contributed by atoms with Crippen molar-refractivity contribution in [3.05, 3.63) is 46.2 Å². The fourth-order valence-corrected chi connectivity index (χ4v) is 2.44. The fourth-order valence-electron chi connectivity index (χ4n) is 1.84. The number of benzene rings is 1. The van der Waals surface area contributed by atoms with Crippen LogP contribution in [0.1, 0.15) is 24.6 Å². The van der Waals surface area contributed by atoms with Crippen LogP contribution < -0.4 is 5.32 Å². The minimum atomic E-state index is 0.827. The van der Waals surface area contributed by atoms with Gasteiger partial charge in [0, 0.05) is 17.2 Å². The van der Waals surface area contributed by atoms with Crippen LogP contribution in [-0.4, -0.2) is 16.3 Å². The summed E-state index contributed by atoms with van der Waals surface area (Å²) in [5.74, 6) is 0. The van der Waals surface area contributed by atoms with E-state index in [1.165, 1.54) is 5.56 Å². The van der Waals surface area contributed by atoms with Crippen molar-refractivity contribution in [2.24, 2.45) is 0 Å². The van der Waals surface area contributed by atoms with Gasteiger partial charge in [-0.05, 0) is 49.7 Å². The summed E-state index contributed by atoms with van der Waals surface area (Å²) >= 11 is 3.51. The molecule has 2 rings (SSSR count). The Labute approximate surface area is 116 Å². The van der Waals surface area contributed by atoms with Crippen molar-refractivity contribution >= 4 is 15.9 Å². The molecule has 0 saturated carbocycles. The molecule has 1 aromatic heterocycles. The van der Waals surface area contributed by atoms with Crippen molar-refractivity contribution in [2.75, 3.05) is 6.54 Å². The summed E-state index contributed by atoms with van der Waals surface area (Å²) in [6.45, 7) is 6.11. The molecule has 1 heterocycles. The van der Waals surface area contributed by atoms with E-state index in [9.17, 15) is 0 Å². The molecule has 0 atom stereocenters. The second-order valence-corrected chi connectivity index (χ2v) is 5.33. The predicted molar refractivity (Wildman–Crippen MR) is 78.0 cm³/mol. The van der Waals surface area contributed by atoms with Gasteiger partial charge in [0.2, 0.25) is 0 Å². The zero-order chi connectivity index (χ0) is 13.0. The molecule has 0 saturated heterocycles. The molecule has 0 spiro atoms. The number of hydrogen-bond acceptors (Lipinski definition) is 2. The van der Waals surface area contributed by atoms with E-state index in [0.29, 0.717) is 0 Å². The molecular weight excluding hydrogens is 290 g/mol. The second kappa shape index (κ2) is 6.16. The number of aryl methyl sites for hydroxylation is 1. The maximum absolute atomic E-state index is 4.57. The highest BCUT2D eigenvalue weighted by molar-refractivity contribution is 9.10. The lowest BCUT2D eigenvalue weighted by atomic mass is 10.2. The van der Waals surface area contributed by atoms with Gasteiger partial charge < -0.3 is 5.32 Å². The van der Waals surface area contributed by atoms with Crippen LogP contribution >= 0.6 is 15.9 Å². The molecule has 0 radical (unpaired) electrons. The third-order valence-electron chi connectivity index (χ3n) is 2.67. The van der Waals surface area contributed by atoms with Crippen molar-refractivity contribution in [1.29, 1.82) is 0 Å². The number of nitrogens with zero attached hydrogens (tertiary/aromatic N) is 2. The minimum absolute atomic E-state index is 0.827. The van der Waals surface area contributed by atoms with Gasteiger partial charge in [-0.3, -0.25) is 0 Å². The first kappa shape index (κ1) is 13.3. The summed E-state index contributed by atoms with van der Waals surface area (Å²) in [6.07, 6.45) is 3.15. The normalized spacial score (nSPS) is 10.8. The van der Waals surface area contributed by atoms with E-state index in [4.69, 9.17) is 0 Å². The molecular formula is C14H18BrN3. The van der Waals surface area contributed by atoms with Crippen LogP contribution in [0.25, 0.3) is 5.69 Å². The lowest BCUT2D eigenvalue weighted by Crippen LogP contribution is -2.14. The van der Waals surface area contributed by atoms with Crippen LogP contribution in [0.3, 0.4) is 0 Å². The number of hydrogen-bond donors (Lipinski definition) is 1. The quantitative estimate of drug-likeness (QED) is 0.858. The average Bonchev–Trinajstić information content (AvgIpc) is 2.77. The Bertz CT molecular complexity index is 499. The third kappa shape index (κ3) is 3.43. The van der Waals surface area contributed by atoms with E-state index in [1.54, 1.807) is 0 Å². The van der Waals surface area contributed by atoms with Crippen molar-refractivity contribution in [3.8, 4) is 5.69 Å². The lowest BCUT2D eigenvalue weighted by Gasteiger charge is -2.04. The number of rotatable bonds is 5. The van der Waals surface area contributed by atoms with Gasteiger partial charge in [0.15, 0.2) is 0 Å². The Balaban J connectivity index is 2.13. The molecule has 96 valence electrons. The molecule has 3 nitrogen and oxygen atoms in total. The zero-order valence-electron chi connectivity index (χ0n) is 10.8. The molecule has 18 heavy (non-hydrogen) atoms. The molecule has 0 aliphatic carbocycles. The van der Waals surface area contributed by atoms with Gasteiger partial charge in [0.1, 0.15) is 0 Å². The van der Waals surface area contributed by atoms with Gasteiger partial charge in [-0.25, -0.2) is 4.68 Å². The summed E-state index contributed by atoms with van der Waals surface area (Å²) < 4.78 is 3.00. The topological polar surface area (TPSA) is 29.9 Å². The Kier molecular flexibility index (Phi) is 4.55. The minimum Gasteiger partial charge on any atom is -0.311 e. The Morgan fingerprint density at radius 2 is 2.17 bits per heavy atom. The van der Waals surface area contributed by atoms with Crippen LogP contribution in [0.5, 0.6) is 0 Å². The molecule has 2 aromatic rings. The molecule has 1 aromatic carbocycles. The number of halogens is 1. The van der Waals surface area contributed by atoms with E-state index >= 15 is 0 Å². The van der Waals surface area contributed by atoms with Gasteiger partial charge in [-0.15, -0.1) is 0 Å². The maximum atomic E-state index is 4.57. The summed E-state index contributed by atoms with van der Waals surface area (Å²) in [5, 5.41) is 7.92. The van der Waals surface area contributed by atoms with Crippen LogP contribution in [0.4, 0.5) is 0 Å². The van der Waals surface area contributed by atoms with Crippen LogP contribution in [0, 0.1) is 6.92 Å². The first-order valence-corrected chi connectivity index (χ1v) is 7.01. The predicted octanol–water partition coefficient (Wildman–Crippen LogP) is 3.44. The highest BCUT2D eigenvalue weighted by atomic mass is 79.9. The van der Waals surface area contributed by atoms with Gasteiger partial charge in [-0.1, -0.05) is 22.9 Å². The molecule has 0 bridgehead atoms. The SMILES string of the molecule is CCCNCc1ccn(-c2cc(C)cc(Br)c2)n1. The molecule has 0 aliphatic rings. The third-order valence-corrected chi connectivity index (χ3v) is 3.13. The highest BCUT2D eigenvalue weighted by Crippen LogP contribution is 2.18. The fraction of sp³-hybridized carbons (Fsp3) is 0.357. The molecule has 1 N–H and O–H groups in total. The monoisotopic (exact) mass is 307 g/mol. The van der Waals surface area contributed by atoms with Gasteiger partial charge >= 0.3 is 0 Å². The van der Waals surface area contributed by atoms with E-state index < -0.39 is 0 Å². The first-order valence-electron chi connectivity index (χ1n) is 6.22. The Morgan fingerprint density at radius 3 is 2.89 bits per heavy atom. The average molecular weight is 308 g/mol. The number of nitrogens with one attached hydrogen (secondary N) is 1. The lowest BCUT2D eigenvalue weighted by molar-refractivity contribution is 0.656. The molecule has 4 heteroatoms. The zero-order valence-corrected chi connectivity index (χ0v) is 12.4. The van der Waals surface area contributed by atoms with E-state index in [-0.39, 0.29) is 0 Å². The molecule has 0 fully saturated rings. The summed E-state index contributed by atoms with van der Waals surface area (Å²) in [5.41, 5.74) is 3.38. The highest BCUT2D eigenvalue weighted by Gasteiger charge is 2.02. The van der Waals surface area contributed by atoms with Crippen LogP contribution in [0.2, 0.25) is 0 Å². The molecule has 0 amide bonds. The van der Waals surface area contributed by atoms with Crippen LogP contribution in [-0.2, 0) is 6.54 Å². The largest absolute Gasteiger partial charge is 0.311 e. The standard InChI is InChI=1S/C14H18BrN3/c1-3-5-16-10-13-4-6-18(17-13)14-8-11(2)7-12(15)9-14/h4,6-9,16H,3,5,10H2,1-2H3. The Morgan fingerprint density at radius 1 is 1.33 bits per heavy atom. The molecule has 0 aliphatic heterocycles. The summed E-state index contributed by atoms with van der Waals surface area (Å²) in [4.78, 5) is 0. The van der Waals surface area contributed by atoms with E-state index in [0.717, 1.165) is 35.4 Å². The second-order valence-electron chi connectivity index (χ2n) is 4.42. The first-order chi connectivity index (χ1) is 8.69. The van der Waals surface area contributed by atoms with Gasteiger partial charge in [-0.2, -0.15) is 5.10 Å². The Hall–Kier alpha value is -1.13. The van der Waals surface area contributed by atoms with Crippen molar-refractivity contribution in [2.45, 2.75) is 26.8 Å². The van der Waals surface area contributed by atoms with E-state index in [2.05, 4.69) is 64.5 Å². The van der Waals surface area contributed by atoms with Crippen molar-refractivity contribution < 1.29 is 0 Å². The van der Waals surface area contributed by atoms with Crippen LogP contribution in [0.15, 0.2) is 34.9 Å². The number of aromatic nitrogens is 2. The molecule has 0 unspecified atom stereocenters. The van der Waals surface area contributed by atoms with Gasteiger partial charge in [0.05, 0.1) is 11.4 Å². The van der Waals surface area contributed by atoms with Crippen molar-refractivity contribution in [1.82, 2.24) is 15.1 Å². The summed E-state index contributed by atoms with van der Waals surface area (Å²) in [6, 6.07) is 8.35. The summed E-state index contributed by atoms with van der Waals surface area (Å²) in [7, 11) is 0. The smallest absolute Gasteiger partial charge is 0.0766 e. The van der Waals surface area contributed by atoms with Crippen molar-refractivity contribution in [3.63, 3.8) is 0 Å². The van der Waals surface area contributed by atoms with Gasteiger partial charge in [0.25, 0.3) is 0 Å². The van der Waals surface area contributed by atoms with E-state index in [1.807, 2.05) is 10.9 Å².